The van der Waals surface area contributed by atoms with E-state index in [-0.39, 0.29) is 24.0 Å². The number of hydrogen-bond acceptors (Lipinski definition) is 5. The summed E-state index contributed by atoms with van der Waals surface area (Å²) in [5, 5.41) is 7.42. The number of aliphatic imine (C=N–C) groups is 1. The minimum atomic E-state index is 0. The number of benzene rings is 1. The van der Waals surface area contributed by atoms with Crippen LogP contribution in [0.3, 0.4) is 0 Å². The molecule has 2 aromatic heterocycles. The molecule has 1 N–H and O–H groups in total. The third-order valence-corrected chi connectivity index (χ3v) is 4.34. The van der Waals surface area contributed by atoms with Gasteiger partial charge in [0.15, 0.2) is 11.8 Å². The van der Waals surface area contributed by atoms with Gasteiger partial charge in [-0.15, -0.1) is 24.0 Å². The number of nitrogens with one attached hydrogen (secondary N) is 1. The van der Waals surface area contributed by atoms with Crippen molar-refractivity contribution >= 4 is 35.6 Å². The lowest BCUT2D eigenvalue weighted by Gasteiger charge is -2.22. The SMILES string of the molecule is CN=C(NCCc1noc(-c2ccccn2)n1)N1CCc2ccccc21.I. The van der Waals surface area contributed by atoms with E-state index in [1.807, 2.05) is 18.2 Å². The van der Waals surface area contributed by atoms with Gasteiger partial charge in [-0.3, -0.25) is 9.98 Å². The molecular weight excluding hydrogens is 455 g/mol. The van der Waals surface area contributed by atoms with Crippen molar-refractivity contribution in [2.75, 3.05) is 25.0 Å². The van der Waals surface area contributed by atoms with Crippen LogP contribution in [0.25, 0.3) is 11.6 Å². The number of hydrogen-bond donors (Lipinski definition) is 1. The van der Waals surface area contributed by atoms with E-state index in [2.05, 4.69) is 54.6 Å². The van der Waals surface area contributed by atoms with Crippen LogP contribution < -0.4 is 10.2 Å². The highest BCUT2D eigenvalue weighted by atomic mass is 127. The summed E-state index contributed by atoms with van der Waals surface area (Å²) in [6.45, 7) is 1.61. The second-order valence-electron chi connectivity index (χ2n) is 5.99. The summed E-state index contributed by atoms with van der Waals surface area (Å²) < 4.78 is 5.29. The quantitative estimate of drug-likeness (QED) is 0.355. The molecule has 0 bridgehead atoms. The topological polar surface area (TPSA) is 79.4 Å². The third-order valence-electron chi connectivity index (χ3n) is 4.34. The van der Waals surface area contributed by atoms with E-state index < -0.39 is 0 Å². The fraction of sp³-hybridized carbons (Fsp3) is 0.263. The highest BCUT2D eigenvalue weighted by Gasteiger charge is 2.22. The highest BCUT2D eigenvalue weighted by Crippen LogP contribution is 2.27. The fourth-order valence-corrected chi connectivity index (χ4v) is 3.09. The second-order valence-corrected chi connectivity index (χ2v) is 5.99. The van der Waals surface area contributed by atoms with E-state index in [0.29, 0.717) is 30.4 Å². The maximum atomic E-state index is 5.29. The molecular formula is C19H21IN6O. The van der Waals surface area contributed by atoms with Crippen LogP contribution in [0.5, 0.6) is 0 Å². The Balaban J connectivity index is 0.00000210. The first-order chi connectivity index (χ1) is 12.8. The molecule has 0 saturated heterocycles. The average molecular weight is 476 g/mol. The monoisotopic (exact) mass is 476 g/mol. The number of fused-ring (bicyclic) bond motifs is 1. The summed E-state index contributed by atoms with van der Waals surface area (Å²) in [4.78, 5) is 15.2. The van der Waals surface area contributed by atoms with Crippen LogP contribution in [-0.4, -0.2) is 41.2 Å². The van der Waals surface area contributed by atoms with Crippen LogP contribution in [0.1, 0.15) is 11.4 Å². The van der Waals surface area contributed by atoms with Crippen molar-refractivity contribution < 1.29 is 4.52 Å². The molecule has 27 heavy (non-hydrogen) atoms. The molecule has 1 aromatic carbocycles. The molecule has 3 aromatic rings. The van der Waals surface area contributed by atoms with Crippen molar-refractivity contribution in [2.45, 2.75) is 12.8 Å². The first kappa shape index (κ1) is 19.3. The van der Waals surface area contributed by atoms with Crippen LogP contribution in [-0.2, 0) is 12.8 Å². The maximum absolute atomic E-state index is 5.29. The van der Waals surface area contributed by atoms with Gasteiger partial charge < -0.3 is 14.7 Å². The van der Waals surface area contributed by atoms with Gasteiger partial charge in [0.2, 0.25) is 0 Å². The van der Waals surface area contributed by atoms with Crippen molar-refractivity contribution in [3.8, 4) is 11.6 Å². The number of aromatic nitrogens is 3. The van der Waals surface area contributed by atoms with Gasteiger partial charge in [0.1, 0.15) is 5.69 Å². The lowest BCUT2D eigenvalue weighted by atomic mass is 10.2. The van der Waals surface area contributed by atoms with E-state index in [1.165, 1.54) is 11.3 Å². The van der Waals surface area contributed by atoms with Crippen LogP contribution in [0.4, 0.5) is 5.69 Å². The van der Waals surface area contributed by atoms with E-state index in [1.54, 1.807) is 13.2 Å². The average Bonchev–Trinajstić information content (AvgIpc) is 3.33. The molecule has 8 heteroatoms. The van der Waals surface area contributed by atoms with E-state index >= 15 is 0 Å². The summed E-state index contributed by atoms with van der Waals surface area (Å²) >= 11 is 0. The van der Waals surface area contributed by atoms with Crippen molar-refractivity contribution in [1.29, 1.82) is 0 Å². The molecule has 1 aliphatic rings. The minimum absolute atomic E-state index is 0. The van der Waals surface area contributed by atoms with Crippen LogP contribution in [0, 0.1) is 0 Å². The number of para-hydroxylation sites is 1. The number of guanidine groups is 1. The van der Waals surface area contributed by atoms with Crippen molar-refractivity contribution in [3.63, 3.8) is 0 Å². The smallest absolute Gasteiger partial charge is 0.276 e. The van der Waals surface area contributed by atoms with Gasteiger partial charge in [-0.2, -0.15) is 4.98 Å². The van der Waals surface area contributed by atoms with Gasteiger partial charge in [-0.05, 0) is 30.2 Å². The molecule has 7 nitrogen and oxygen atoms in total. The van der Waals surface area contributed by atoms with E-state index in [9.17, 15) is 0 Å². The summed E-state index contributed by atoms with van der Waals surface area (Å²) in [5.41, 5.74) is 3.26. The molecule has 4 rings (SSSR count). The Morgan fingerprint density at radius 2 is 2.07 bits per heavy atom. The fourth-order valence-electron chi connectivity index (χ4n) is 3.09. The summed E-state index contributed by atoms with van der Waals surface area (Å²) in [5.74, 6) is 1.96. The molecule has 1 aliphatic heterocycles. The summed E-state index contributed by atoms with van der Waals surface area (Å²) in [7, 11) is 1.80. The Hall–Kier alpha value is -2.49. The zero-order chi connectivity index (χ0) is 17.8. The minimum Gasteiger partial charge on any atom is -0.355 e. The Kier molecular flexibility index (Phi) is 6.38. The van der Waals surface area contributed by atoms with Crippen LogP contribution >= 0.6 is 24.0 Å². The lowest BCUT2D eigenvalue weighted by Crippen LogP contribution is -2.41. The van der Waals surface area contributed by atoms with Gasteiger partial charge in [-0.25, -0.2) is 0 Å². The molecule has 0 radical (unpaired) electrons. The maximum Gasteiger partial charge on any atom is 0.276 e. The molecule has 0 saturated carbocycles. The number of pyridine rings is 1. The number of halogens is 1. The van der Waals surface area contributed by atoms with Gasteiger partial charge in [0, 0.05) is 38.4 Å². The second kappa shape index (κ2) is 8.94. The largest absolute Gasteiger partial charge is 0.355 e. The number of anilines is 1. The zero-order valence-electron chi connectivity index (χ0n) is 15.0. The Morgan fingerprint density at radius 3 is 2.89 bits per heavy atom. The standard InChI is InChI=1S/C19H20N6O.HI/c1-20-19(25-13-10-14-6-2-3-8-16(14)25)22-12-9-17-23-18(26-24-17)15-7-4-5-11-21-15;/h2-8,11H,9-10,12-13H2,1H3,(H,20,22);1H. The predicted octanol–water partition coefficient (Wildman–Crippen LogP) is 2.93. The van der Waals surface area contributed by atoms with E-state index in [4.69, 9.17) is 4.52 Å². The van der Waals surface area contributed by atoms with Crippen LogP contribution in [0.2, 0.25) is 0 Å². The summed E-state index contributed by atoms with van der Waals surface area (Å²) in [6.07, 6.45) is 3.39. The molecule has 140 valence electrons. The van der Waals surface area contributed by atoms with E-state index in [0.717, 1.165) is 18.9 Å². The number of rotatable bonds is 4. The van der Waals surface area contributed by atoms with Crippen molar-refractivity contribution in [2.24, 2.45) is 4.99 Å². The molecule has 0 spiro atoms. The van der Waals surface area contributed by atoms with Gasteiger partial charge >= 0.3 is 0 Å². The Labute approximate surface area is 174 Å². The molecule has 0 amide bonds. The van der Waals surface area contributed by atoms with Gasteiger partial charge in [0.25, 0.3) is 5.89 Å². The van der Waals surface area contributed by atoms with Crippen molar-refractivity contribution in [3.05, 3.63) is 60.0 Å². The first-order valence-corrected chi connectivity index (χ1v) is 8.65. The van der Waals surface area contributed by atoms with Crippen molar-refractivity contribution in [1.82, 2.24) is 20.4 Å². The van der Waals surface area contributed by atoms with Crippen LogP contribution in [0.15, 0.2) is 58.2 Å². The normalized spacial score (nSPS) is 13.2. The number of nitrogens with zero attached hydrogens (tertiary/aromatic N) is 5. The lowest BCUT2D eigenvalue weighted by molar-refractivity contribution is 0.421. The Bertz CT molecular complexity index is 911. The molecule has 0 atom stereocenters. The third kappa shape index (κ3) is 4.26. The zero-order valence-corrected chi connectivity index (χ0v) is 17.3. The Morgan fingerprint density at radius 1 is 1.22 bits per heavy atom. The van der Waals surface area contributed by atoms with Gasteiger partial charge in [-0.1, -0.05) is 29.4 Å². The molecule has 3 heterocycles. The molecule has 0 unspecified atom stereocenters. The summed E-state index contributed by atoms with van der Waals surface area (Å²) in [6, 6.07) is 14.0. The predicted molar refractivity (Wildman–Crippen MR) is 116 cm³/mol. The highest BCUT2D eigenvalue weighted by molar-refractivity contribution is 14.0. The molecule has 0 fully saturated rings. The van der Waals surface area contributed by atoms with Gasteiger partial charge in [0.05, 0.1) is 0 Å². The molecule has 0 aliphatic carbocycles. The first-order valence-electron chi connectivity index (χ1n) is 8.65.